The van der Waals surface area contributed by atoms with E-state index < -0.39 is 5.60 Å². The molecule has 0 amide bonds. The van der Waals surface area contributed by atoms with Crippen molar-refractivity contribution in [2.75, 3.05) is 20.8 Å². The van der Waals surface area contributed by atoms with Crippen LogP contribution in [0.1, 0.15) is 23.6 Å². The van der Waals surface area contributed by atoms with Crippen molar-refractivity contribution in [3.8, 4) is 11.5 Å². The van der Waals surface area contributed by atoms with E-state index in [9.17, 15) is 0 Å². The average Bonchev–Trinajstić information content (AvgIpc) is 2.75. The highest BCUT2D eigenvalue weighted by Crippen LogP contribution is 2.41. The highest BCUT2D eigenvalue weighted by Gasteiger charge is 2.37. The van der Waals surface area contributed by atoms with Crippen LogP contribution in [0.25, 0.3) is 0 Å². The van der Waals surface area contributed by atoms with E-state index in [1.165, 1.54) is 0 Å². The number of methoxy groups -OCH3 is 2. The molecule has 0 N–H and O–H groups in total. The molecule has 0 aliphatic carbocycles. The molecule has 0 bridgehead atoms. The maximum absolute atomic E-state index is 6.65. The van der Waals surface area contributed by atoms with Crippen molar-refractivity contribution < 1.29 is 14.2 Å². The van der Waals surface area contributed by atoms with Gasteiger partial charge in [-0.05, 0) is 53.8 Å². The van der Waals surface area contributed by atoms with E-state index in [-0.39, 0.29) is 5.92 Å². The van der Waals surface area contributed by atoms with Crippen molar-refractivity contribution in [1.29, 1.82) is 0 Å². The minimum atomic E-state index is -0.758. The Morgan fingerprint density at radius 2 is 1.14 bits per heavy atom. The first-order valence-electron chi connectivity index (χ1n) is 9.41. The molecule has 1 radical (unpaired) electrons. The Morgan fingerprint density at radius 3 is 1.54 bits per heavy atom. The minimum Gasteiger partial charge on any atom is -0.497 e. The van der Waals surface area contributed by atoms with Gasteiger partial charge in [-0.1, -0.05) is 61.5 Å². The maximum atomic E-state index is 6.65. The molecule has 0 heterocycles. The fraction of sp³-hybridized carbons (Fsp3) is 0.240. The van der Waals surface area contributed by atoms with E-state index in [2.05, 4.69) is 50.2 Å². The molecule has 28 heavy (non-hydrogen) atoms. The molecule has 0 spiro atoms. The van der Waals surface area contributed by atoms with Crippen LogP contribution in [0.5, 0.6) is 11.5 Å². The van der Waals surface area contributed by atoms with Crippen LogP contribution in [0.4, 0.5) is 0 Å². The van der Waals surface area contributed by atoms with Crippen molar-refractivity contribution in [2.24, 2.45) is 5.92 Å². The summed E-state index contributed by atoms with van der Waals surface area (Å²) < 4.78 is 17.4. The molecule has 145 valence electrons. The van der Waals surface area contributed by atoms with Crippen LogP contribution in [0, 0.1) is 12.8 Å². The quantitative estimate of drug-likeness (QED) is 0.488. The molecule has 3 nitrogen and oxygen atoms in total. The third-order valence-corrected chi connectivity index (χ3v) is 4.76. The van der Waals surface area contributed by atoms with Gasteiger partial charge in [0.25, 0.3) is 0 Å². The van der Waals surface area contributed by atoms with Gasteiger partial charge >= 0.3 is 0 Å². The summed E-state index contributed by atoms with van der Waals surface area (Å²) in [5, 5.41) is 0. The van der Waals surface area contributed by atoms with Crippen molar-refractivity contribution in [2.45, 2.75) is 12.5 Å². The van der Waals surface area contributed by atoms with Gasteiger partial charge in [-0.2, -0.15) is 0 Å². The van der Waals surface area contributed by atoms with Crippen LogP contribution < -0.4 is 9.47 Å². The summed E-state index contributed by atoms with van der Waals surface area (Å²) >= 11 is 0. The van der Waals surface area contributed by atoms with Crippen LogP contribution in [0.15, 0.2) is 78.9 Å². The monoisotopic (exact) mass is 375 g/mol. The van der Waals surface area contributed by atoms with Gasteiger partial charge in [0, 0.05) is 0 Å². The summed E-state index contributed by atoms with van der Waals surface area (Å²) in [6.45, 7) is 6.69. The summed E-state index contributed by atoms with van der Waals surface area (Å²) in [7, 11) is 3.34. The fourth-order valence-electron chi connectivity index (χ4n) is 3.34. The lowest BCUT2D eigenvalue weighted by Gasteiger charge is -2.36. The van der Waals surface area contributed by atoms with Crippen molar-refractivity contribution in [1.82, 2.24) is 0 Å². The molecule has 0 aromatic heterocycles. The summed E-state index contributed by atoms with van der Waals surface area (Å²) in [4.78, 5) is 0. The van der Waals surface area contributed by atoms with Crippen LogP contribution in [-0.4, -0.2) is 20.8 Å². The van der Waals surface area contributed by atoms with E-state index >= 15 is 0 Å². The van der Waals surface area contributed by atoms with Crippen LogP contribution in [-0.2, 0) is 10.3 Å². The summed E-state index contributed by atoms with van der Waals surface area (Å²) in [6, 6.07) is 26.4. The lowest BCUT2D eigenvalue weighted by molar-refractivity contribution is 0.00138. The number of ether oxygens (including phenoxy) is 3. The maximum Gasteiger partial charge on any atom is 0.143 e. The van der Waals surface area contributed by atoms with Gasteiger partial charge in [-0.3, -0.25) is 0 Å². The summed E-state index contributed by atoms with van der Waals surface area (Å²) in [5.74, 6) is 1.77. The number of hydrogen-bond acceptors (Lipinski definition) is 3. The second-order valence-corrected chi connectivity index (χ2v) is 6.92. The molecular weight excluding hydrogens is 348 g/mol. The number of rotatable bonds is 8. The van der Waals surface area contributed by atoms with Gasteiger partial charge < -0.3 is 14.2 Å². The number of benzene rings is 3. The van der Waals surface area contributed by atoms with Gasteiger partial charge in [-0.15, -0.1) is 0 Å². The Hall–Kier alpha value is -2.78. The molecule has 1 atom stereocenters. The third kappa shape index (κ3) is 4.05. The first-order chi connectivity index (χ1) is 13.6. The molecule has 3 heteroatoms. The molecule has 0 saturated heterocycles. The molecule has 0 aliphatic rings. The van der Waals surface area contributed by atoms with E-state index in [1.54, 1.807) is 14.2 Å². The topological polar surface area (TPSA) is 27.7 Å². The third-order valence-electron chi connectivity index (χ3n) is 4.76. The van der Waals surface area contributed by atoms with Crippen molar-refractivity contribution >= 4 is 0 Å². The highest BCUT2D eigenvalue weighted by atomic mass is 16.5. The largest absolute Gasteiger partial charge is 0.497 e. The molecule has 0 fully saturated rings. The lowest BCUT2D eigenvalue weighted by atomic mass is 9.80. The Kier molecular flexibility index (Phi) is 6.37. The Labute approximate surface area is 167 Å². The lowest BCUT2D eigenvalue weighted by Crippen LogP contribution is -2.34. The zero-order chi connectivity index (χ0) is 20.0. The SMILES string of the molecule is [CH2]C(C)COC(c1ccccc1)(c1ccc(OC)cc1)c1ccc(OC)cc1. The molecule has 1 unspecified atom stereocenters. The highest BCUT2D eigenvalue weighted by molar-refractivity contribution is 5.49. The van der Waals surface area contributed by atoms with Gasteiger partial charge in [-0.25, -0.2) is 0 Å². The fourth-order valence-corrected chi connectivity index (χ4v) is 3.34. The molecule has 3 rings (SSSR count). The number of hydrogen-bond donors (Lipinski definition) is 0. The van der Waals surface area contributed by atoms with Crippen LogP contribution in [0.2, 0.25) is 0 Å². The molecule has 0 aliphatic heterocycles. The van der Waals surface area contributed by atoms with Gasteiger partial charge in [0.15, 0.2) is 0 Å². The summed E-state index contributed by atoms with van der Waals surface area (Å²) in [5.41, 5.74) is 2.37. The smallest absolute Gasteiger partial charge is 0.143 e. The van der Waals surface area contributed by atoms with Crippen molar-refractivity contribution in [3.05, 3.63) is 102 Å². The first-order valence-corrected chi connectivity index (χ1v) is 9.41. The average molecular weight is 375 g/mol. The molecular formula is C25H27O3. The Morgan fingerprint density at radius 1 is 0.714 bits per heavy atom. The Bertz CT molecular complexity index is 805. The molecule has 3 aromatic carbocycles. The van der Waals surface area contributed by atoms with Gasteiger partial charge in [0.2, 0.25) is 0 Å². The Balaban J connectivity index is 2.23. The summed E-state index contributed by atoms with van der Waals surface area (Å²) in [6.07, 6.45) is 0. The van der Waals surface area contributed by atoms with E-state index in [0.29, 0.717) is 6.61 Å². The second-order valence-electron chi connectivity index (χ2n) is 6.92. The van der Waals surface area contributed by atoms with E-state index in [0.717, 1.165) is 28.2 Å². The van der Waals surface area contributed by atoms with Gasteiger partial charge in [0.05, 0.1) is 20.8 Å². The molecule has 0 saturated carbocycles. The van der Waals surface area contributed by atoms with E-state index in [4.69, 9.17) is 14.2 Å². The van der Waals surface area contributed by atoms with Crippen molar-refractivity contribution in [3.63, 3.8) is 0 Å². The zero-order valence-electron chi connectivity index (χ0n) is 16.7. The molecule has 3 aromatic rings. The minimum absolute atomic E-state index is 0.152. The predicted molar refractivity (Wildman–Crippen MR) is 113 cm³/mol. The standard InChI is InChI=1S/C25H27O3/c1-19(2)18-28-25(20-8-6-5-7-9-20,21-10-14-23(26-3)15-11-21)22-12-16-24(27-4)17-13-22/h5-17,19H,1,18H2,2-4H3. The van der Waals surface area contributed by atoms with Crippen LogP contribution in [0.3, 0.4) is 0 Å². The second kappa shape index (κ2) is 8.94. The normalized spacial score (nSPS) is 11.5. The first kappa shape index (κ1) is 20.0. The zero-order valence-corrected chi connectivity index (χ0v) is 16.7. The van der Waals surface area contributed by atoms with E-state index in [1.807, 2.05) is 42.5 Å². The van der Waals surface area contributed by atoms with Gasteiger partial charge in [0.1, 0.15) is 17.1 Å². The van der Waals surface area contributed by atoms with Crippen LogP contribution >= 0.6 is 0 Å². The predicted octanol–water partition coefficient (Wildman–Crippen LogP) is 5.48.